The first kappa shape index (κ1) is 14.4. The molecule has 0 unspecified atom stereocenters. The molecule has 5 nitrogen and oxygen atoms in total. The topological polar surface area (TPSA) is 51.5 Å². The Hall–Kier alpha value is -1.62. The smallest absolute Gasteiger partial charge is 0.180 e. The maximum Gasteiger partial charge on any atom is 0.180 e. The van der Waals surface area contributed by atoms with Gasteiger partial charge in [-0.1, -0.05) is 13.8 Å². The largest absolute Gasteiger partial charge is 0.380 e. The number of nitrogens with zero attached hydrogens (tertiary/aromatic N) is 3. The van der Waals surface area contributed by atoms with Crippen LogP contribution in [0.4, 0.5) is 5.82 Å². The number of fused-ring (bicyclic) bond motifs is 1. The van der Waals surface area contributed by atoms with Crippen molar-refractivity contribution in [1.82, 2.24) is 14.4 Å². The molecular formula is C13H22N4O. The molecule has 1 N–H and O–H groups in total. The van der Waals surface area contributed by atoms with Crippen molar-refractivity contribution >= 4 is 11.5 Å². The van der Waals surface area contributed by atoms with E-state index in [1.165, 1.54) is 0 Å². The lowest BCUT2D eigenvalue weighted by molar-refractivity contribution is 0.158. The van der Waals surface area contributed by atoms with E-state index in [0.717, 1.165) is 30.3 Å². The van der Waals surface area contributed by atoms with Crippen molar-refractivity contribution in [3.05, 3.63) is 24.3 Å². The van der Waals surface area contributed by atoms with Gasteiger partial charge in [-0.2, -0.15) is 0 Å². The molecule has 0 aliphatic rings. The molecule has 5 heteroatoms. The van der Waals surface area contributed by atoms with Gasteiger partial charge in [-0.05, 0) is 13.8 Å². The fourth-order valence-corrected chi connectivity index (χ4v) is 1.55. The van der Waals surface area contributed by atoms with Gasteiger partial charge < -0.3 is 10.1 Å². The van der Waals surface area contributed by atoms with E-state index >= 15 is 0 Å². The SMILES string of the molecule is CC.CCOCCNc1nccn2c(C)cnc12. The summed E-state index contributed by atoms with van der Waals surface area (Å²) in [5.74, 6) is 0.801. The Bertz CT molecular complexity index is 467. The zero-order valence-electron chi connectivity index (χ0n) is 11.6. The molecule has 0 aliphatic heterocycles. The fourth-order valence-electron chi connectivity index (χ4n) is 1.55. The van der Waals surface area contributed by atoms with Crippen LogP contribution in [0.2, 0.25) is 0 Å². The van der Waals surface area contributed by atoms with Crippen LogP contribution in [0, 0.1) is 6.92 Å². The van der Waals surface area contributed by atoms with Crippen molar-refractivity contribution in [2.75, 3.05) is 25.1 Å². The lowest BCUT2D eigenvalue weighted by atomic mass is 10.5. The molecule has 0 fully saturated rings. The first-order chi connectivity index (χ1) is 8.83. The number of aromatic nitrogens is 3. The maximum absolute atomic E-state index is 5.26. The minimum atomic E-state index is 0.679. The Morgan fingerprint density at radius 1 is 1.33 bits per heavy atom. The summed E-state index contributed by atoms with van der Waals surface area (Å²) in [4.78, 5) is 8.58. The van der Waals surface area contributed by atoms with Crippen LogP contribution < -0.4 is 5.32 Å². The van der Waals surface area contributed by atoms with Crippen molar-refractivity contribution in [2.24, 2.45) is 0 Å². The quantitative estimate of drug-likeness (QED) is 0.828. The molecule has 0 radical (unpaired) electrons. The number of hydrogen-bond donors (Lipinski definition) is 1. The molecule has 0 aliphatic carbocycles. The van der Waals surface area contributed by atoms with Gasteiger partial charge >= 0.3 is 0 Å². The van der Waals surface area contributed by atoms with E-state index < -0.39 is 0 Å². The van der Waals surface area contributed by atoms with Crippen LogP contribution in [0.1, 0.15) is 26.5 Å². The van der Waals surface area contributed by atoms with E-state index in [1.807, 2.05) is 44.5 Å². The molecule has 100 valence electrons. The van der Waals surface area contributed by atoms with Gasteiger partial charge in [0.2, 0.25) is 0 Å². The van der Waals surface area contributed by atoms with Crippen LogP contribution in [0.3, 0.4) is 0 Å². The normalized spacial score (nSPS) is 10.0. The molecule has 2 aromatic rings. The highest BCUT2D eigenvalue weighted by Gasteiger charge is 2.04. The fraction of sp³-hybridized carbons (Fsp3) is 0.538. The summed E-state index contributed by atoms with van der Waals surface area (Å²) in [6.45, 7) is 10.2. The summed E-state index contributed by atoms with van der Waals surface area (Å²) < 4.78 is 7.26. The van der Waals surface area contributed by atoms with E-state index in [9.17, 15) is 0 Å². The van der Waals surface area contributed by atoms with Crippen LogP contribution in [-0.4, -0.2) is 34.1 Å². The van der Waals surface area contributed by atoms with E-state index in [4.69, 9.17) is 4.74 Å². The minimum Gasteiger partial charge on any atom is -0.380 e. The van der Waals surface area contributed by atoms with Crippen molar-refractivity contribution in [1.29, 1.82) is 0 Å². The predicted molar refractivity (Wildman–Crippen MR) is 74.1 cm³/mol. The number of hydrogen-bond acceptors (Lipinski definition) is 4. The highest BCUT2D eigenvalue weighted by Crippen LogP contribution is 2.12. The zero-order valence-corrected chi connectivity index (χ0v) is 11.6. The molecule has 0 amide bonds. The average molecular weight is 250 g/mol. The molecule has 0 atom stereocenters. The van der Waals surface area contributed by atoms with E-state index in [0.29, 0.717) is 6.61 Å². The zero-order chi connectivity index (χ0) is 13.4. The third-order valence-corrected chi connectivity index (χ3v) is 2.36. The lowest BCUT2D eigenvalue weighted by Gasteiger charge is -2.06. The average Bonchev–Trinajstić information content (AvgIpc) is 2.80. The van der Waals surface area contributed by atoms with Gasteiger partial charge in [0.1, 0.15) is 0 Å². The second-order valence-electron chi connectivity index (χ2n) is 3.49. The number of ether oxygens (including phenoxy) is 1. The summed E-state index contributed by atoms with van der Waals surface area (Å²) in [5.41, 5.74) is 1.96. The van der Waals surface area contributed by atoms with Crippen LogP contribution in [0.25, 0.3) is 5.65 Å². The Morgan fingerprint density at radius 3 is 2.83 bits per heavy atom. The molecule has 0 saturated carbocycles. The molecule has 2 heterocycles. The Kier molecular flexibility index (Phi) is 6.14. The number of rotatable bonds is 5. The first-order valence-electron chi connectivity index (χ1n) is 6.43. The predicted octanol–water partition coefficient (Wildman–Crippen LogP) is 2.51. The highest BCUT2D eigenvalue weighted by molar-refractivity contribution is 5.62. The van der Waals surface area contributed by atoms with Gasteiger partial charge in [-0.25, -0.2) is 9.97 Å². The van der Waals surface area contributed by atoms with Gasteiger partial charge in [0.25, 0.3) is 0 Å². The summed E-state index contributed by atoms with van der Waals surface area (Å²) >= 11 is 0. The third kappa shape index (κ3) is 3.43. The monoisotopic (exact) mass is 250 g/mol. The molecular weight excluding hydrogens is 228 g/mol. The van der Waals surface area contributed by atoms with Crippen LogP contribution >= 0.6 is 0 Å². The Morgan fingerprint density at radius 2 is 2.11 bits per heavy atom. The van der Waals surface area contributed by atoms with Crippen molar-refractivity contribution in [3.8, 4) is 0 Å². The summed E-state index contributed by atoms with van der Waals surface area (Å²) in [5, 5.41) is 3.22. The number of aryl methyl sites for hydroxylation is 1. The maximum atomic E-state index is 5.26. The molecule has 0 aromatic carbocycles. The summed E-state index contributed by atoms with van der Waals surface area (Å²) in [6.07, 6.45) is 5.51. The molecule has 0 spiro atoms. The van der Waals surface area contributed by atoms with Crippen LogP contribution in [-0.2, 0) is 4.74 Å². The van der Waals surface area contributed by atoms with Gasteiger partial charge in [0.15, 0.2) is 11.5 Å². The molecule has 2 aromatic heterocycles. The Balaban J connectivity index is 0.000000771. The van der Waals surface area contributed by atoms with Crippen LogP contribution in [0.15, 0.2) is 18.6 Å². The number of imidazole rings is 1. The van der Waals surface area contributed by atoms with Crippen molar-refractivity contribution in [3.63, 3.8) is 0 Å². The molecule has 0 saturated heterocycles. The summed E-state index contributed by atoms with van der Waals surface area (Å²) in [7, 11) is 0. The van der Waals surface area contributed by atoms with Gasteiger partial charge in [-0.15, -0.1) is 0 Å². The van der Waals surface area contributed by atoms with E-state index in [2.05, 4.69) is 15.3 Å². The molecule has 2 rings (SSSR count). The lowest BCUT2D eigenvalue weighted by Crippen LogP contribution is -2.11. The summed E-state index contributed by atoms with van der Waals surface area (Å²) in [6, 6.07) is 0. The molecule has 18 heavy (non-hydrogen) atoms. The standard InChI is InChI=1S/C11H16N4O.C2H6/c1-3-16-7-5-13-10-11-14-8-9(2)15(11)6-4-12-10;1-2/h4,6,8H,3,5,7H2,1-2H3,(H,12,13);1-2H3. The third-order valence-electron chi connectivity index (χ3n) is 2.36. The Labute approximate surface area is 108 Å². The van der Waals surface area contributed by atoms with Gasteiger partial charge in [0.05, 0.1) is 6.61 Å². The minimum absolute atomic E-state index is 0.679. The highest BCUT2D eigenvalue weighted by atomic mass is 16.5. The van der Waals surface area contributed by atoms with E-state index in [1.54, 1.807) is 6.20 Å². The van der Waals surface area contributed by atoms with Crippen LogP contribution in [0.5, 0.6) is 0 Å². The van der Waals surface area contributed by atoms with E-state index in [-0.39, 0.29) is 0 Å². The number of anilines is 1. The van der Waals surface area contributed by atoms with Gasteiger partial charge in [0, 0.05) is 37.4 Å². The second-order valence-corrected chi connectivity index (χ2v) is 3.49. The first-order valence-corrected chi connectivity index (χ1v) is 6.43. The second kappa shape index (κ2) is 7.66. The molecule has 0 bridgehead atoms. The number of nitrogens with one attached hydrogen (secondary N) is 1. The van der Waals surface area contributed by atoms with Crippen molar-refractivity contribution < 1.29 is 4.74 Å². The van der Waals surface area contributed by atoms with Gasteiger partial charge in [-0.3, -0.25) is 4.40 Å². The van der Waals surface area contributed by atoms with Crippen molar-refractivity contribution in [2.45, 2.75) is 27.7 Å².